The van der Waals surface area contributed by atoms with Crippen molar-refractivity contribution >= 4 is 17.6 Å². The molecule has 2 amide bonds. The van der Waals surface area contributed by atoms with Crippen molar-refractivity contribution in [1.29, 1.82) is 0 Å². The lowest BCUT2D eigenvalue weighted by atomic mass is 9.81. The van der Waals surface area contributed by atoms with Gasteiger partial charge in [0.05, 0.1) is 6.04 Å². The molecule has 2 aromatic rings. The number of aromatic nitrogens is 1. The molecule has 1 saturated heterocycles. The van der Waals surface area contributed by atoms with E-state index in [4.69, 9.17) is 5.73 Å². The summed E-state index contributed by atoms with van der Waals surface area (Å²) in [7, 11) is 0. The first-order valence-corrected chi connectivity index (χ1v) is 11.0. The van der Waals surface area contributed by atoms with Crippen LogP contribution in [0.1, 0.15) is 43.0 Å². The highest BCUT2D eigenvalue weighted by Crippen LogP contribution is 2.56. The number of carbonyl (C=O) groups is 2. The fraction of sp³-hybridized carbons (Fsp3) is 0.458. The van der Waals surface area contributed by atoms with Crippen molar-refractivity contribution in [3.8, 4) is 0 Å². The number of anilines is 1. The molecule has 1 saturated carbocycles. The minimum absolute atomic E-state index is 0.112. The summed E-state index contributed by atoms with van der Waals surface area (Å²) in [5.74, 6) is 0.563. The van der Waals surface area contributed by atoms with E-state index in [0.717, 1.165) is 24.2 Å². The van der Waals surface area contributed by atoms with Gasteiger partial charge in [0.15, 0.2) is 0 Å². The second-order valence-corrected chi connectivity index (χ2v) is 8.84. The average molecular weight is 422 g/mol. The SMILES string of the molecule is Cc1nc(N)ccc1CNC(=O)[C@H](C)NC(=O)[C@H]1C[C@H](C2(c3ccccc3)CC2)CN1. The number of amides is 2. The Morgan fingerprint density at radius 3 is 2.65 bits per heavy atom. The molecular weight excluding hydrogens is 390 g/mol. The smallest absolute Gasteiger partial charge is 0.242 e. The quantitative estimate of drug-likeness (QED) is 0.545. The Kier molecular flexibility index (Phi) is 5.96. The first-order valence-electron chi connectivity index (χ1n) is 11.0. The Balaban J connectivity index is 1.28. The van der Waals surface area contributed by atoms with Crippen LogP contribution in [0, 0.1) is 12.8 Å². The van der Waals surface area contributed by atoms with Gasteiger partial charge in [0, 0.05) is 12.2 Å². The number of benzene rings is 1. The number of rotatable bonds is 7. The summed E-state index contributed by atoms with van der Waals surface area (Å²) in [6.07, 6.45) is 3.15. The monoisotopic (exact) mass is 421 g/mol. The molecule has 1 aromatic carbocycles. The highest BCUT2D eigenvalue weighted by atomic mass is 16.2. The molecule has 4 rings (SSSR count). The second-order valence-electron chi connectivity index (χ2n) is 8.84. The van der Waals surface area contributed by atoms with Gasteiger partial charge >= 0.3 is 0 Å². The molecule has 0 unspecified atom stereocenters. The first-order chi connectivity index (χ1) is 14.9. The standard InChI is InChI=1S/C24H31N5O2/c1-15-17(8-9-21(25)28-15)13-27-22(30)16(2)29-23(31)20-12-19(14-26-20)24(10-11-24)18-6-4-3-5-7-18/h3-9,16,19-20,26H,10-14H2,1-2H3,(H2,25,28)(H,27,30)(H,29,31)/t16-,19-,20+/m0/s1. The number of hydrogen-bond donors (Lipinski definition) is 4. The van der Waals surface area contributed by atoms with E-state index in [2.05, 4.69) is 45.2 Å². The topological polar surface area (TPSA) is 109 Å². The zero-order chi connectivity index (χ0) is 22.0. The predicted octanol–water partition coefficient (Wildman–Crippen LogP) is 1.80. The van der Waals surface area contributed by atoms with Crippen LogP contribution in [-0.4, -0.2) is 35.4 Å². The maximum atomic E-state index is 12.8. The van der Waals surface area contributed by atoms with Crippen LogP contribution in [0.3, 0.4) is 0 Å². The van der Waals surface area contributed by atoms with E-state index in [1.165, 1.54) is 18.4 Å². The van der Waals surface area contributed by atoms with Crippen LogP contribution in [0.25, 0.3) is 0 Å². The Labute approximate surface area is 183 Å². The minimum atomic E-state index is -0.612. The van der Waals surface area contributed by atoms with E-state index in [1.54, 1.807) is 13.0 Å². The van der Waals surface area contributed by atoms with E-state index in [-0.39, 0.29) is 23.3 Å². The zero-order valence-corrected chi connectivity index (χ0v) is 18.2. The number of nitrogen functional groups attached to an aromatic ring is 1. The summed E-state index contributed by atoms with van der Waals surface area (Å²) in [5.41, 5.74) is 8.93. The van der Waals surface area contributed by atoms with Gasteiger partial charge in [0.25, 0.3) is 0 Å². The van der Waals surface area contributed by atoms with Crippen LogP contribution in [0.4, 0.5) is 5.82 Å². The number of aryl methyl sites for hydroxylation is 1. The molecule has 0 bridgehead atoms. The lowest BCUT2D eigenvalue weighted by Gasteiger charge is -2.23. The van der Waals surface area contributed by atoms with E-state index in [9.17, 15) is 9.59 Å². The van der Waals surface area contributed by atoms with Crippen molar-refractivity contribution in [2.24, 2.45) is 5.92 Å². The van der Waals surface area contributed by atoms with Crippen molar-refractivity contribution in [2.75, 3.05) is 12.3 Å². The summed E-state index contributed by atoms with van der Waals surface area (Å²) in [5, 5.41) is 9.10. The molecule has 2 fully saturated rings. The van der Waals surface area contributed by atoms with Crippen molar-refractivity contribution in [1.82, 2.24) is 20.9 Å². The number of nitrogens with one attached hydrogen (secondary N) is 3. The Hall–Kier alpha value is -2.93. The molecule has 7 heteroatoms. The first kappa shape index (κ1) is 21.3. The van der Waals surface area contributed by atoms with Gasteiger partial charge in [-0.15, -0.1) is 0 Å². The van der Waals surface area contributed by atoms with Gasteiger partial charge < -0.3 is 21.7 Å². The maximum Gasteiger partial charge on any atom is 0.242 e. The number of hydrogen-bond acceptors (Lipinski definition) is 5. The van der Waals surface area contributed by atoms with Gasteiger partial charge in [-0.2, -0.15) is 0 Å². The summed E-state index contributed by atoms with van der Waals surface area (Å²) in [4.78, 5) is 29.4. The molecule has 0 spiro atoms. The molecule has 5 N–H and O–H groups in total. The fourth-order valence-corrected chi connectivity index (χ4v) is 4.70. The third-order valence-corrected chi connectivity index (χ3v) is 6.79. The van der Waals surface area contributed by atoms with E-state index in [0.29, 0.717) is 18.3 Å². The van der Waals surface area contributed by atoms with E-state index >= 15 is 0 Å². The Morgan fingerprint density at radius 1 is 1.23 bits per heavy atom. The van der Waals surface area contributed by atoms with Gasteiger partial charge in [0.1, 0.15) is 11.9 Å². The van der Waals surface area contributed by atoms with Gasteiger partial charge in [-0.25, -0.2) is 4.98 Å². The van der Waals surface area contributed by atoms with Gasteiger partial charge in [-0.05, 0) is 68.2 Å². The van der Waals surface area contributed by atoms with Crippen LogP contribution in [0.15, 0.2) is 42.5 Å². The molecule has 7 nitrogen and oxygen atoms in total. The molecule has 2 heterocycles. The number of carbonyl (C=O) groups excluding carboxylic acids is 2. The van der Waals surface area contributed by atoms with Crippen molar-refractivity contribution in [3.63, 3.8) is 0 Å². The third kappa shape index (κ3) is 4.56. The number of nitrogens with zero attached hydrogens (tertiary/aromatic N) is 1. The van der Waals surface area contributed by atoms with E-state index < -0.39 is 6.04 Å². The summed E-state index contributed by atoms with van der Waals surface area (Å²) >= 11 is 0. The number of pyridine rings is 1. The molecule has 3 atom stereocenters. The lowest BCUT2D eigenvalue weighted by molar-refractivity contribution is -0.129. The van der Waals surface area contributed by atoms with Gasteiger partial charge in [-0.1, -0.05) is 36.4 Å². The molecule has 1 aromatic heterocycles. The van der Waals surface area contributed by atoms with Gasteiger partial charge in [0.2, 0.25) is 11.8 Å². The predicted molar refractivity (Wildman–Crippen MR) is 120 cm³/mol. The molecule has 31 heavy (non-hydrogen) atoms. The van der Waals surface area contributed by atoms with Gasteiger partial charge in [-0.3, -0.25) is 9.59 Å². The highest BCUT2D eigenvalue weighted by molar-refractivity contribution is 5.89. The molecule has 2 aliphatic rings. The normalized spacial score (nSPS) is 22.5. The van der Waals surface area contributed by atoms with Crippen LogP contribution < -0.4 is 21.7 Å². The number of nitrogens with two attached hydrogens (primary N) is 1. The summed E-state index contributed by atoms with van der Waals surface area (Å²) in [6.45, 7) is 4.74. The largest absolute Gasteiger partial charge is 0.384 e. The van der Waals surface area contributed by atoms with Crippen LogP contribution in [-0.2, 0) is 21.5 Å². The van der Waals surface area contributed by atoms with Crippen molar-refractivity contribution in [2.45, 2.75) is 57.2 Å². The minimum Gasteiger partial charge on any atom is -0.384 e. The second kappa shape index (κ2) is 8.67. The Bertz CT molecular complexity index is 958. The highest BCUT2D eigenvalue weighted by Gasteiger charge is 2.53. The fourth-order valence-electron chi connectivity index (χ4n) is 4.70. The lowest BCUT2D eigenvalue weighted by Crippen LogP contribution is -2.50. The zero-order valence-electron chi connectivity index (χ0n) is 18.2. The molecule has 1 aliphatic carbocycles. The van der Waals surface area contributed by atoms with Crippen LogP contribution >= 0.6 is 0 Å². The van der Waals surface area contributed by atoms with Crippen molar-refractivity contribution in [3.05, 3.63) is 59.3 Å². The summed E-state index contributed by atoms with van der Waals surface area (Å²) in [6, 6.07) is 13.3. The van der Waals surface area contributed by atoms with Crippen LogP contribution in [0.5, 0.6) is 0 Å². The molecule has 1 aliphatic heterocycles. The van der Waals surface area contributed by atoms with Crippen molar-refractivity contribution < 1.29 is 9.59 Å². The average Bonchev–Trinajstić information content (AvgIpc) is 3.42. The maximum absolute atomic E-state index is 12.8. The Morgan fingerprint density at radius 2 is 1.97 bits per heavy atom. The summed E-state index contributed by atoms with van der Waals surface area (Å²) < 4.78 is 0. The molecular formula is C24H31N5O2. The molecule has 0 radical (unpaired) electrons. The van der Waals surface area contributed by atoms with Crippen LogP contribution in [0.2, 0.25) is 0 Å². The molecule has 164 valence electrons. The third-order valence-electron chi connectivity index (χ3n) is 6.79. The van der Waals surface area contributed by atoms with E-state index in [1.807, 2.05) is 19.1 Å².